The molecule has 2 aliphatic rings. The molecule has 1 N–H and O–H groups in total. The van der Waals surface area contributed by atoms with Gasteiger partial charge in [0.1, 0.15) is 0 Å². The second-order valence-electron chi connectivity index (χ2n) is 6.69. The van der Waals surface area contributed by atoms with E-state index in [1.807, 2.05) is 6.07 Å². The van der Waals surface area contributed by atoms with Crippen molar-refractivity contribution in [2.24, 2.45) is 5.92 Å². The van der Waals surface area contributed by atoms with Crippen LogP contribution in [0.4, 0.5) is 11.4 Å². The molecule has 23 heavy (non-hydrogen) atoms. The number of nitrogens with one attached hydrogen (secondary N) is 1. The first-order chi connectivity index (χ1) is 11.1. The smallest absolute Gasteiger partial charge is 0.0553 e. The van der Waals surface area contributed by atoms with Crippen LogP contribution in [0.2, 0.25) is 5.02 Å². The number of anilines is 2. The minimum Gasteiger partial charge on any atom is -0.378 e. The van der Waals surface area contributed by atoms with E-state index in [1.54, 1.807) is 0 Å². The Morgan fingerprint density at radius 2 is 1.87 bits per heavy atom. The summed E-state index contributed by atoms with van der Waals surface area (Å²) < 4.78 is 0. The maximum Gasteiger partial charge on any atom is 0.0553 e. The normalized spacial score (nSPS) is 24.7. The number of hydrogen-bond donors (Lipinski definition) is 1. The van der Waals surface area contributed by atoms with Crippen molar-refractivity contribution in [1.82, 2.24) is 0 Å². The Morgan fingerprint density at radius 1 is 1.09 bits per heavy atom. The fourth-order valence-electron chi connectivity index (χ4n) is 3.88. The van der Waals surface area contributed by atoms with Gasteiger partial charge in [-0.05, 0) is 53.8 Å². The van der Waals surface area contributed by atoms with Crippen LogP contribution in [-0.4, -0.2) is 14.1 Å². The van der Waals surface area contributed by atoms with Gasteiger partial charge in [0.2, 0.25) is 0 Å². The summed E-state index contributed by atoms with van der Waals surface area (Å²) in [5.41, 5.74) is 5.13. The summed E-state index contributed by atoms with van der Waals surface area (Å²) in [7, 11) is 4.15. The van der Waals surface area contributed by atoms with E-state index in [2.05, 4.69) is 72.9 Å². The van der Waals surface area contributed by atoms with Crippen molar-refractivity contribution < 1.29 is 0 Å². The molecule has 0 bridgehead atoms. The molecule has 0 aromatic heterocycles. The van der Waals surface area contributed by atoms with Crippen LogP contribution in [0.5, 0.6) is 0 Å². The van der Waals surface area contributed by atoms with Crippen LogP contribution in [0.25, 0.3) is 0 Å². The van der Waals surface area contributed by atoms with Gasteiger partial charge in [-0.15, -0.1) is 0 Å². The van der Waals surface area contributed by atoms with Crippen molar-refractivity contribution in [3.63, 3.8) is 0 Å². The summed E-state index contributed by atoms with van der Waals surface area (Å²) in [6.45, 7) is 0. The van der Waals surface area contributed by atoms with Gasteiger partial charge in [0, 0.05) is 36.4 Å². The summed E-state index contributed by atoms with van der Waals surface area (Å²) >= 11 is 6.21. The van der Waals surface area contributed by atoms with Crippen molar-refractivity contribution in [2.45, 2.75) is 18.4 Å². The van der Waals surface area contributed by atoms with Crippen molar-refractivity contribution in [3.8, 4) is 0 Å². The molecule has 118 valence electrons. The van der Waals surface area contributed by atoms with Gasteiger partial charge in [0.05, 0.1) is 6.04 Å². The molecule has 2 nitrogen and oxygen atoms in total. The van der Waals surface area contributed by atoms with Crippen molar-refractivity contribution in [3.05, 3.63) is 70.8 Å². The Balaban J connectivity index is 1.71. The Kier molecular flexibility index (Phi) is 3.57. The second kappa shape index (κ2) is 5.61. The van der Waals surface area contributed by atoms with Crippen LogP contribution < -0.4 is 10.2 Å². The number of benzene rings is 2. The third-order valence-electron chi connectivity index (χ3n) is 5.09. The summed E-state index contributed by atoms with van der Waals surface area (Å²) in [4.78, 5) is 2.13. The standard InChI is InChI=1S/C20H21ClN2/c1-23(2)15-9-6-13(7-10-15)20-17-5-3-4-16(17)18-12-14(21)8-11-19(18)22-20/h3-4,6-12,16-17,20,22H,5H2,1-2H3. The van der Waals surface area contributed by atoms with E-state index in [-0.39, 0.29) is 0 Å². The number of hydrogen-bond acceptors (Lipinski definition) is 2. The number of nitrogens with zero attached hydrogens (tertiary/aromatic N) is 1. The van der Waals surface area contributed by atoms with Gasteiger partial charge in [-0.2, -0.15) is 0 Å². The van der Waals surface area contributed by atoms with Crippen LogP contribution in [0.3, 0.4) is 0 Å². The molecule has 0 saturated carbocycles. The van der Waals surface area contributed by atoms with E-state index in [0.29, 0.717) is 17.9 Å². The molecule has 1 aliphatic heterocycles. The van der Waals surface area contributed by atoms with Crippen molar-refractivity contribution in [1.29, 1.82) is 0 Å². The molecule has 0 radical (unpaired) electrons. The lowest BCUT2D eigenvalue weighted by molar-refractivity contribution is 0.425. The van der Waals surface area contributed by atoms with E-state index in [1.165, 1.54) is 22.5 Å². The highest BCUT2D eigenvalue weighted by molar-refractivity contribution is 6.30. The highest BCUT2D eigenvalue weighted by Gasteiger charge is 2.37. The molecule has 1 aliphatic carbocycles. The highest BCUT2D eigenvalue weighted by atomic mass is 35.5. The average Bonchev–Trinajstić information content (AvgIpc) is 3.04. The molecule has 3 atom stereocenters. The quantitative estimate of drug-likeness (QED) is 0.761. The zero-order valence-electron chi connectivity index (χ0n) is 13.5. The molecular weight excluding hydrogens is 304 g/mol. The predicted octanol–water partition coefficient (Wildman–Crippen LogP) is 5.23. The Labute approximate surface area is 142 Å². The Hall–Kier alpha value is -1.93. The van der Waals surface area contributed by atoms with E-state index >= 15 is 0 Å². The number of fused-ring (bicyclic) bond motifs is 3. The zero-order chi connectivity index (χ0) is 16.0. The largest absolute Gasteiger partial charge is 0.378 e. The first kappa shape index (κ1) is 14.6. The van der Waals surface area contributed by atoms with Gasteiger partial charge in [-0.1, -0.05) is 35.9 Å². The lowest BCUT2D eigenvalue weighted by Gasteiger charge is -2.37. The third-order valence-corrected chi connectivity index (χ3v) is 5.33. The summed E-state index contributed by atoms with van der Waals surface area (Å²) in [5.74, 6) is 1.02. The van der Waals surface area contributed by atoms with Crippen LogP contribution in [0, 0.1) is 5.92 Å². The molecule has 2 aromatic carbocycles. The number of allylic oxidation sites excluding steroid dienone is 2. The van der Waals surface area contributed by atoms with E-state index in [9.17, 15) is 0 Å². The minimum absolute atomic E-state index is 0.347. The molecular formula is C20H21ClN2. The first-order valence-electron chi connectivity index (χ1n) is 8.13. The predicted molar refractivity (Wildman–Crippen MR) is 98.6 cm³/mol. The van der Waals surface area contributed by atoms with Crippen molar-refractivity contribution in [2.75, 3.05) is 24.3 Å². The summed E-state index contributed by atoms with van der Waals surface area (Å²) in [6.07, 6.45) is 5.78. The van der Waals surface area contributed by atoms with Gasteiger partial charge in [0.15, 0.2) is 0 Å². The average molecular weight is 325 g/mol. The molecule has 1 heterocycles. The number of halogens is 1. The van der Waals surface area contributed by atoms with Crippen molar-refractivity contribution >= 4 is 23.0 Å². The van der Waals surface area contributed by atoms with Gasteiger partial charge in [0.25, 0.3) is 0 Å². The number of rotatable bonds is 2. The monoisotopic (exact) mass is 324 g/mol. The zero-order valence-corrected chi connectivity index (χ0v) is 14.2. The van der Waals surface area contributed by atoms with Crippen LogP contribution in [-0.2, 0) is 0 Å². The summed E-state index contributed by atoms with van der Waals surface area (Å²) in [6, 6.07) is 15.5. The molecule has 3 heteroatoms. The molecule has 0 spiro atoms. The molecule has 3 unspecified atom stereocenters. The van der Waals surface area contributed by atoms with Crippen LogP contribution in [0.1, 0.15) is 29.5 Å². The van der Waals surface area contributed by atoms with Gasteiger partial charge in [-0.3, -0.25) is 0 Å². The van der Waals surface area contributed by atoms with E-state index in [0.717, 1.165) is 11.4 Å². The SMILES string of the molecule is CN(C)c1ccc(C2Nc3ccc(Cl)cc3C3C=CCC32)cc1. The third kappa shape index (κ3) is 2.51. The van der Waals surface area contributed by atoms with Crippen LogP contribution in [0.15, 0.2) is 54.6 Å². The highest BCUT2D eigenvalue weighted by Crippen LogP contribution is 2.50. The Morgan fingerprint density at radius 3 is 2.61 bits per heavy atom. The fourth-order valence-corrected chi connectivity index (χ4v) is 4.06. The fraction of sp³-hybridized carbons (Fsp3) is 0.300. The molecule has 2 aromatic rings. The topological polar surface area (TPSA) is 15.3 Å². The Bertz CT molecular complexity index is 749. The molecule has 0 amide bonds. The first-order valence-corrected chi connectivity index (χ1v) is 8.51. The van der Waals surface area contributed by atoms with E-state index in [4.69, 9.17) is 11.6 Å². The maximum absolute atomic E-state index is 6.21. The van der Waals surface area contributed by atoms with Crippen LogP contribution >= 0.6 is 11.6 Å². The van der Waals surface area contributed by atoms with Gasteiger partial charge < -0.3 is 10.2 Å². The summed E-state index contributed by atoms with van der Waals surface area (Å²) in [5, 5.41) is 4.57. The molecule has 0 fully saturated rings. The van der Waals surface area contributed by atoms with Gasteiger partial charge in [-0.25, -0.2) is 0 Å². The lowest BCUT2D eigenvalue weighted by Crippen LogP contribution is -2.29. The molecule has 4 rings (SSSR count). The molecule has 0 saturated heterocycles. The van der Waals surface area contributed by atoms with Gasteiger partial charge >= 0.3 is 0 Å². The van der Waals surface area contributed by atoms with E-state index < -0.39 is 0 Å². The maximum atomic E-state index is 6.21. The minimum atomic E-state index is 0.347. The second-order valence-corrected chi connectivity index (χ2v) is 7.13. The lowest BCUT2D eigenvalue weighted by atomic mass is 9.77.